The maximum atomic E-state index is 11.5. The van der Waals surface area contributed by atoms with E-state index in [1.54, 1.807) is 0 Å². The third-order valence-electron chi connectivity index (χ3n) is 2.86. The van der Waals surface area contributed by atoms with Gasteiger partial charge in [-0.1, -0.05) is 0 Å². The van der Waals surface area contributed by atoms with Gasteiger partial charge in [0.2, 0.25) is 5.91 Å². The Bertz CT molecular complexity index is 335. The number of urea groups is 1. The van der Waals surface area contributed by atoms with Crippen LogP contribution in [-0.2, 0) is 9.53 Å². The van der Waals surface area contributed by atoms with Crippen molar-refractivity contribution >= 4 is 11.9 Å². The molecule has 8 heteroatoms. The first-order chi connectivity index (χ1) is 8.02. The second kappa shape index (κ2) is 4.57. The molecule has 0 aromatic heterocycles. The number of carbonyl (C=O) groups excluding carboxylic acids is 2. The first-order valence-electron chi connectivity index (χ1n) is 5.27. The van der Waals surface area contributed by atoms with Crippen molar-refractivity contribution < 1.29 is 29.6 Å². The summed E-state index contributed by atoms with van der Waals surface area (Å²) in [6.07, 6.45) is -3.94. The Hall–Kier alpha value is -1.22. The number of aliphatic hydroxyl groups is 3. The summed E-state index contributed by atoms with van der Waals surface area (Å²) in [5.74, 6) is -0.559. The summed E-state index contributed by atoms with van der Waals surface area (Å²) in [6, 6.07) is -0.760. The van der Waals surface area contributed by atoms with Crippen LogP contribution < -0.4 is 5.32 Å². The van der Waals surface area contributed by atoms with E-state index in [-0.39, 0.29) is 19.4 Å². The van der Waals surface area contributed by atoms with E-state index in [1.807, 2.05) is 5.32 Å². The van der Waals surface area contributed by atoms with E-state index in [0.717, 1.165) is 4.90 Å². The molecule has 2 aliphatic heterocycles. The molecular formula is C9H14N2O6. The van der Waals surface area contributed by atoms with Crippen molar-refractivity contribution in [2.45, 2.75) is 37.5 Å². The minimum atomic E-state index is -1.27. The van der Waals surface area contributed by atoms with E-state index in [2.05, 4.69) is 0 Å². The molecule has 0 aliphatic carbocycles. The molecule has 96 valence electrons. The smallest absolute Gasteiger partial charge is 0.328 e. The first-order valence-corrected chi connectivity index (χ1v) is 5.27. The zero-order chi connectivity index (χ0) is 12.6. The molecule has 8 nitrogen and oxygen atoms in total. The van der Waals surface area contributed by atoms with Crippen molar-refractivity contribution in [3.05, 3.63) is 0 Å². The van der Waals surface area contributed by atoms with Crippen LogP contribution in [-0.4, -0.2) is 63.4 Å². The van der Waals surface area contributed by atoms with Gasteiger partial charge < -0.3 is 20.1 Å². The number of nitrogens with one attached hydrogen (secondary N) is 1. The quantitative estimate of drug-likeness (QED) is 0.435. The molecule has 4 N–H and O–H groups in total. The molecule has 2 aliphatic rings. The third-order valence-corrected chi connectivity index (χ3v) is 2.86. The van der Waals surface area contributed by atoms with E-state index in [4.69, 9.17) is 9.84 Å². The molecule has 4 atom stereocenters. The Balaban J connectivity index is 2.07. The molecular weight excluding hydrogens is 232 g/mol. The molecule has 0 spiro atoms. The van der Waals surface area contributed by atoms with Crippen molar-refractivity contribution in [1.29, 1.82) is 0 Å². The fourth-order valence-corrected chi connectivity index (χ4v) is 2.01. The lowest BCUT2D eigenvalue weighted by atomic mass is 10.1. The van der Waals surface area contributed by atoms with Crippen molar-refractivity contribution in [2.75, 3.05) is 6.61 Å². The molecule has 0 aromatic carbocycles. The maximum Gasteiger partial charge on any atom is 0.328 e. The van der Waals surface area contributed by atoms with Gasteiger partial charge in [0, 0.05) is 6.42 Å². The first kappa shape index (κ1) is 12.2. The van der Waals surface area contributed by atoms with Crippen LogP contribution in [0, 0.1) is 0 Å². The Morgan fingerprint density at radius 1 is 1.41 bits per heavy atom. The van der Waals surface area contributed by atoms with Gasteiger partial charge >= 0.3 is 6.03 Å². The number of rotatable bonds is 2. The number of nitrogens with zero attached hydrogens (tertiary/aromatic N) is 1. The van der Waals surface area contributed by atoms with Gasteiger partial charge in [-0.15, -0.1) is 0 Å². The molecule has 0 aromatic rings. The van der Waals surface area contributed by atoms with Gasteiger partial charge in [-0.05, 0) is 0 Å². The van der Waals surface area contributed by atoms with Gasteiger partial charge in [0.25, 0.3) is 0 Å². The highest BCUT2D eigenvalue weighted by Crippen LogP contribution is 2.26. The van der Waals surface area contributed by atoms with E-state index < -0.39 is 36.6 Å². The molecule has 2 rings (SSSR count). The lowest BCUT2D eigenvalue weighted by Gasteiger charge is -2.35. The SMILES string of the molecule is O=C1CC(O)N(C2CC(O)C(CO)O2)C(=O)N1. The summed E-state index contributed by atoms with van der Waals surface area (Å²) < 4.78 is 5.23. The van der Waals surface area contributed by atoms with Gasteiger partial charge in [0.15, 0.2) is 0 Å². The highest BCUT2D eigenvalue weighted by Gasteiger charge is 2.43. The molecule has 2 saturated heterocycles. The number of imide groups is 1. The van der Waals surface area contributed by atoms with Gasteiger partial charge in [0.1, 0.15) is 18.6 Å². The van der Waals surface area contributed by atoms with Gasteiger partial charge in [-0.2, -0.15) is 0 Å². The largest absolute Gasteiger partial charge is 0.394 e. The third kappa shape index (κ3) is 2.25. The lowest BCUT2D eigenvalue weighted by molar-refractivity contribution is -0.141. The number of aliphatic hydroxyl groups excluding tert-OH is 3. The maximum absolute atomic E-state index is 11.5. The fraction of sp³-hybridized carbons (Fsp3) is 0.778. The van der Waals surface area contributed by atoms with E-state index in [9.17, 15) is 19.8 Å². The average molecular weight is 246 g/mol. The highest BCUT2D eigenvalue weighted by atomic mass is 16.5. The van der Waals surface area contributed by atoms with Gasteiger partial charge in [-0.25, -0.2) is 4.79 Å². The predicted octanol–water partition coefficient (Wildman–Crippen LogP) is -2.29. The van der Waals surface area contributed by atoms with Crippen molar-refractivity contribution in [3.8, 4) is 0 Å². The number of hydrogen-bond acceptors (Lipinski definition) is 6. The van der Waals surface area contributed by atoms with E-state index >= 15 is 0 Å². The summed E-state index contributed by atoms with van der Waals surface area (Å²) in [6.45, 7) is -0.373. The highest BCUT2D eigenvalue weighted by molar-refractivity contribution is 5.97. The standard InChI is InChI=1S/C9H14N2O6/c12-3-5-4(13)1-8(17-5)11-7(15)2-6(14)10-9(11)16/h4-5,7-8,12-13,15H,1-3H2,(H,10,14,16). The normalized spacial score (nSPS) is 38.4. The minimum absolute atomic E-state index is 0.0872. The number of amides is 3. The molecule has 0 bridgehead atoms. The second-order valence-corrected chi connectivity index (χ2v) is 4.06. The van der Waals surface area contributed by atoms with Crippen LogP contribution >= 0.6 is 0 Å². The summed E-state index contributed by atoms with van der Waals surface area (Å²) in [5, 5.41) is 30.1. The second-order valence-electron chi connectivity index (χ2n) is 4.06. The predicted molar refractivity (Wildman–Crippen MR) is 52.4 cm³/mol. The van der Waals surface area contributed by atoms with Crippen LogP contribution in [0.5, 0.6) is 0 Å². The van der Waals surface area contributed by atoms with Crippen molar-refractivity contribution in [1.82, 2.24) is 10.2 Å². The van der Waals surface area contributed by atoms with Crippen LogP contribution in [0.3, 0.4) is 0 Å². The average Bonchev–Trinajstić information content (AvgIpc) is 2.57. The van der Waals surface area contributed by atoms with E-state index in [0.29, 0.717) is 0 Å². The molecule has 0 radical (unpaired) electrons. The Morgan fingerprint density at radius 3 is 2.65 bits per heavy atom. The summed E-state index contributed by atoms with van der Waals surface area (Å²) in [5.41, 5.74) is 0. The Kier molecular flexibility index (Phi) is 3.29. The molecule has 2 fully saturated rings. The van der Waals surface area contributed by atoms with Crippen LogP contribution in [0.2, 0.25) is 0 Å². The molecule has 4 unspecified atom stereocenters. The fourth-order valence-electron chi connectivity index (χ4n) is 2.01. The van der Waals surface area contributed by atoms with Crippen LogP contribution in [0.25, 0.3) is 0 Å². The lowest BCUT2D eigenvalue weighted by Crippen LogP contribution is -2.58. The minimum Gasteiger partial charge on any atom is -0.394 e. The van der Waals surface area contributed by atoms with Crippen molar-refractivity contribution in [3.63, 3.8) is 0 Å². The van der Waals surface area contributed by atoms with Gasteiger partial charge in [0.05, 0.1) is 19.1 Å². The monoisotopic (exact) mass is 246 g/mol. The van der Waals surface area contributed by atoms with Crippen LogP contribution in [0.1, 0.15) is 12.8 Å². The van der Waals surface area contributed by atoms with Gasteiger partial charge in [-0.3, -0.25) is 15.0 Å². The molecule has 0 saturated carbocycles. The summed E-state index contributed by atoms with van der Waals surface area (Å²) in [7, 11) is 0. The molecule has 2 heterocycles. The zero-order valence-corrected chi connectivity index (χ0v) is 8.94. The van der Waals surface area contributed by atoms with E-state index in [1.165, 1.54) is 0 Å². The number of ether oxygens (including phenoxy) is 1. The van der Waals surface area contributed by atoms with Crippen molar-refractivity contribution in [2.24, 2.45) is 0 Å². The Morgan fingerprint density at radius 2 is 2.12 bits per heavy atom. The van der Waals surface area contributed by atoms with Crippen LogP contribution in [0.4, 0.5) is 4.79 Å². The number of hydrogen-bond donors (Lipinski definition) is 4. The summed E-state index contributed by atoms with van der Waals surface area (Å²) >= 11 is 0. The topological polar surface area (TPSA) is 119 Å². The molecule has 3 amide bonds. The number of carbonyl (C=O) groups is 2. The Labute approximate surface area is 96.8 Å². The van der Waals surface area contributed by atoms with Crippen LogP contribution in [0.15, 0.2) is 0 Å². The molecule has 17 heavy (non-hydrogen) atoms. The zero-order valence-electron chi connectivity index (χ0n) is 8.94. The summed E-state index contributed by atoms with van der Waals surface area (Å²) in [4.78, 5) is 23.5.